The molecule has 0 radical (unpaired) electrons. The summed E-state index contributed by atoms with van der Waals surface area (Å²) in [5, 5.41) is 17.1. The van der Waals surface area contributed by atoms with Crippen molar-refractivity contribution < 1.29 is 4.92 Å². The molecule has 0 spiro atoms. The highest BCUT2D eigenvalue weighted by molar-refractivity contribution is 5.68. The van der Waals surface area contributed by atoms with E-state index in [-0.39, 0.29) is 11.5 Å². The predicted molar refractivity (Wildman–Crippen MR) is 82.0 cm³/mol. The Labute approximate surface area is 122 Å². The van der Waals surface area contributed by atoms with Crippen LogP contribution in [0.4, 0.5) is 23.1 Å². The normalized spacial score (nSPS) is 10.2. The summed E-state index contributed by atoms with van der Waals surface area (Å²) < 4.78 is 0. The van der Waals surface area contributed by atoms with Crippen LogP contribution in [0.25, 0.3) is 0 Å². The highest BCUT2D eigenvalue weighted by atomic mass is 16.6. The van der Waals surface area contributed by atoms with Gasteiger partial charge < -0.3 is 10.6 Å². The van der Waals surface area contributed by atoms with Crippen LogP contribution in [0.3, 0.4) is 0 Å². The molecule has 0 fully saturated rings. The van der Waals surface area contributed by atoms with Gasteiger partial charge in [-0.3, -0.25) is 10.1 Å². The minimum Gasteiger partial charge on any atom is -0.354 e. The number of nitro groups is 1. The van der Waals surface area contributed by atoms with Crippen molar-refractivity contribution in [3.63, 3.8) is 0 Å². The molecule has 1 aromatic heterocycles. The standard InChI is InChI=1S/C14H17N5O2/c1-4-15-14-16-8-12(19(20)21)13(18-14)17-11-7-9(2)5-6-10(11)3/h5-8H,4H2,1-3H3,(H2,15,16,17,18). The zero-order valence-corrected chi connectivity index (χ0v) is 12.2. The number of nitrogens with zero attached hydrogens (tertiary/aromatic N) is 3. The topological polar surface area (TPSA) is 93.0 Å². The van der Waals surface area contributed by atoms with Gasteiger partial charge in [-0.25, -0.2) is 4.98 Å². The molecule has 7 heteroatoms. The van der Waals surface area contributed by atoms with Crippen LogP contribution >= 0.6 is 0 Å². The van der Waals surface area contributed by atoms with E-state index in [1.165, 1.54) is 6.20 Å². The molecule has 0 amide bonds. The first-order valence-corrected chi connectivity index (χ1v) is 6.61. The molecule has 0 saturated heterocycles. The second-order valence-corrected chi connectivity index (χ2v) is 4.66. The maximum Gasteiger partial charge on any atom is 0.329 e. The molecule has 110 valence electrons. The van der Waals surface area contributed by atoms with Gasteiger partial charge in [0.1, 0.15) is 6.20 Å². The van der Waals surface area contributed by atoms with Crippen LogP contribution in [0, 0.1) is 24.0 Å². The van der Waals surface area contributed by atoms with Gasteiger partial charge in [-0.05, 0) is 38.0 Å². The van der Waals surface area contributed by atoms with E-state index < -0.39 is 4.92 Å². The van der Waals surface area contributed by atoms with Gasteiger partial charge in [0.25, 0.3) is 0 Å². The van der Waals surface area contributed by atoms with Crippen LogP contribution < -0.4 is 10.6 Å². The van der Waals surface area contributed by atoms with E-state index in [0.717, 1.165) is 16.8 Å². The summed E-state index contributed by atoms with van der Waals surface area (Å²) in [4.78, 5) is 18.7. The molecule has 2 aromatic rings. The van der Waals surface area contributed by atoms with Crippen molar-refractivity contribution in [1.82, 2.24) is 9.97 Å². The average molecular weight is 287 g/mol. The maximum atomic E-state index is 11.1. The summed E-state index contributed by atoms with van der Waals surface area (Å²) in [6.07, 6.45) is 1.21. The fourth-order valence-corrected chi connectivity index (χ4v) is 1.84. The van der Waals surface area contributed by atoms with Crippen molar-refractivity contribution in [2.24, 2.45) is 0 Å². The fourth-order valence-electron chi connectivity index (χ4n) is 1.84. The monoisotopic (exact) mass is 287 g/mol. The number of benzene rings is 1. The number of rotatable bonds is 5. The minimum absolute atomic E-state index is 0.155. The molecule has 21 heavy (non-hydrogen) atoms. The number of hydrogen-bond donors (Lipinski definition) is 2. The van der Waals surface area contributed by atoms with E-state index in [2.05, 4.69) is 20.6 Å². The Balaban J connectivity index is 2.43. The molecule has 2 N–H and O–H groups in total. The van der Waals surface area contributed by atoms with Gasteiger partial charge in [-0.1, -0.05) is 12.1 Å². The first-order valence-electron chi connectivity index (χ1n) is 6.61. The van der Waals surface area contributed by atoms with Crippen molar-refractivity contribution >= 4 is 23.1 Å². The number of aromatic nitrogens is 2. The van der Waals surface area contributed by atoms with E-state index >= 15 is 0 Å². The number of anilines is 3. The number of nitrogens with one attached hydrogen (secondary N) is 2. The van der Waals surface area contributed by atoms with Gasteiger partial charge in [-0.15, -0.1) is 0 Å². The van der Waals surface area contributed by atoms with Crippen LogP contribution in [-0.2, 0) is 0 Å². The van der Waals surface area contributed by atoms with Crippen molar-refractivity contribution in [2.45, 2.75) is 20.8 Å². The van der Waals surface area contributed by atoms with E-state index in [0.29, 0.717) is 12.5 Å². The Kier molecular flexibility index (Phi) is 4.32. The summed E-state index contributed by atoms with van der Waals surface area (Å²) in [6.45, 7) is 6.44. The molecule has 1 aromatic carbocycles. The summed E-state index contributed by atoms with van der Waals surface area (Å²) in [7, 11) is 0. The van der Waals surface area contributed by atoms with Crippen LogP contribution in [-0.4, -0.2) is 21.4 Å². The maximum absolute atomic E-state index is 11.1. The lowest BCUT2D eigenvalue weighted by Gasteiger charge is -2.11. The molecule has 0 unspecified atom stereocenters. The lowest BCUT2D eigenvalue weighted by Crippen LogP contribution is -2.07. The Morgan fingerprint density at radius 2 is 2.10 bits per heavy atom. The fraction of sp³-hybridized carbons (Fsp3) is 0.286. The molecule has 0 bridgehead atoms. The zero-order valence-electron chi connectivity index (χ0n) is 12.2. The van der Waals surface area contributed by atoms with E-state index in [1.807, 2.05) is 39.0 Å². The third kappa shape index (κ3) is 3.44. The summed E-state index contributed by atoms with van der Waals surface area (Å²) in [5.41, 5.74) is 2.68. The highest BCUT2D eigenvalue weighted by Crippen LogP contribution is 2.27. The molecule has 1 heterocycles. The Hall–Kier alpha value is -2.70. The largest absolute Gasteiger partial charge is 0.354 e. The van der Waals surface area contributed by atoms with Crippen LogP contribution in [0.15, 0.2) is 24.4 Å². The highest BCUT2D eigenvalue weighted by Gasteiger charge is 2.18. The summed E-state index contributed by atoms with van der Waals surface area (Å²) in [6, 6.07) is 5.86. The van der Waals surface area contributed by atoms with Gasteiger partial charge in [0.2, 0.25) is 11.8 Å². The van der Waals surface area contributed by atoms with Gasteiger partial charge in [0.15, 0.2) is 0 Å². The Morgan fingerprint density at radius 1 is 1.33 bits per heavy atom. The average Bonchev–Trinajstić information content (AvgIpc) is 2.43. The van der Waals surface area contributed by atoms with Crippen molar-refractivity contribution in [2.75, 3.05) is 17.2 Å². The van der Waals surface area contributed by atoms with Crippen molar-refractivity contribution in [1.29, 1.82) is 0 Å². The number of aryl methyl sites for hydroxylation is 2. The molecular formula is C14H17N5O2. The van der Waals surface area contributed by atoms with Gasteiger partial charge in [0.05, 0.1) is 4.92 Å². The molecule has 0 aliphatic heterocycles. The first kappa shape index (κ1) is 14.7. The molecule has 0 atom stereocenters. The molecular weight excluding hydrogens is 270 g/mol. The minimum atomic E-state index is -0.497. The van der Waals surface area contributed by atoms with Crippen molar-refractivity contribution in [3.05, 3.63) is 45.6 Å². The lowest BCUT2D eigenvalue weighted by molar-refractivity contribution is -0.384. The molecule has 0 aliphatic carbocycles. The van der Waals surface area contributed by atoms with E-state index in [4.69, 9.17) is 0 Å². The van der Waals surface area contributed by atoms with Gasteiger partial charge in [0, 0.05) is 12.2 Å². The summed E-state index contributed by atoms with van der Waals surface area (Å²) in [5.74, 6) is 0.538. The second kappa shape index (κ2) is 6.17. The molecule has 7 nitrogen and oxygen atoms in total. The first-order chi connectivity index (χ1) is 10.0. The van der Waals surface area contributed by atoms with Crippen LogP contribution in [0.2, 0.25) is 0 Å². The third-order valence-electron chi connectivity index (χ3n) is 2.95. The smallest absolute Gasteiger partial charge is 0.329 e. The Bertz CT molecular complexity index is 672. The lowest BCUT2D eigenvalue weighted by atomic mass is 10.1. The van der Waals surface area contributed by atoms with Gasteiger partial charge >= 0.3 is 5.69 Å². The quantitative estimate of drug-likeness (QED) is 0.648. The van der Waals surface area contributed by atoms with E-state index in [1.54, 1.807) is 0 Å². The number of hydrogen-bond acceptors (Lipinski definition) is 6. The van der Waals surface area contributed by atoms with Crippen LogP contribution in [0.1, 0.15) is 18.1 Å². The third-order valence-corrected chi connectivity index (χ3v) is 2.95. The van der Waals surface area contributed by atoms with Crippen LogP contribution in [0.5, 0.6) is 0 Å². The Morgan fingerprint density at radius 3 is 2.76 bits per heavy atom. The molecule has 0 saturated carbocycles. The predicted octanol–water partition coefficient (Wildman–Crippen LogP) is 3.18. The van der Waals surface area contributed by atoms with E-state index in [9.17, 15) is 10.1 Å². The van der Waals surface area contributed by atoms with Gasteiger partial charge in [-0.2, -0.15) is 4.98 Å². The second-order valence-electron chi connectivity index (χ2n) is 4.66. The molecule has 2 rings (SSSR count). The summed E-state index contributed by atoms with van der Waals surface area (Å²) >= 11 is 0. The molecule has 0 aliphatic rings. The SMILES string of the molecule is CCNc1ncc([N+](=O)[O-])c(Nc2cc(C)ccc2C)n1. The zero-order chi connectivity index (χ0) is 15.4. The van der Waals surface area contributed by atoms with Crippen molar-refractivity contribution in [3.8, 4) is 0 Å².